The molecule has 0 unspecified atom stereocenters. The molecule has 2 aromatic rings. The van der Waals surface area contributed by atoms with E-state index < -0.39 is 6.10 Å². The molecular formula is C16H15BrClNO2. The van der Waals surface area contributed by atoms with Gasteiger partial charge in [0.1, 0.15) is 5.75 Å². The first kappa shape index (κ1) is 15.9. The molecule has 110 valence electrons. The number of carbonyl (C=O) groups excluding carboxylic acids is 1. The van der Waals surface area contributed by atoms with E-state index in [0.29, 0.717) is 17.3 Å². The molecule has 21 heavy (non-hydrogen) atoms. The molecule has 0 aliphatic carbocycles. The number of halogens is 2. The molecule has 0 fully saturated rings. The van der Waals surface area contributed by atoms with Crippen LogP contribution >= 0.6 is 27.5 Å². The molecule has 2 rings (SSSR count). The topological polar surface area (TPSA) is 38.3 Å². The van der Waals surface area contributed by atoms with Gasteiger partial charge in [0, 0.05) is 16.0 Å². The maximum atomic E-state index is 12.0. The van der Waals surface area contributed by atoms with Gasteiger partial charge < -0.3 is 10.1 Å². The average molecular weight is 369 g/mol. The Balaban J connectivity index is 1.88. The first-order valence-electron chi connectivity index (χ1n) is 6.49. The molecule has 1 N–H and O–H groups in total. The zero-order chi connectivity index (χ0) is 15.2. The fraction of sp³-hybridized carbons (Fsp3) is 0.188. The van der Waals surface area contributed by atoms with E-state index in [1.165, 1.54) is 0 Å². The van der Waals surface area contributed by atoms with Gasteiger partial charge in [-0.2, -0.15) is 0 Å². The molecule has 0 heterocycles. The molecular weight excluding hydrogens is 354 g/mol. The van der Waals surface area contributed by atoms with E-state index >= 15 is 0 Å². The zero-order valence-electron chi connectivity index (χ0n) is 11.5. The highest BCUT2D eigenvalue weighted by molar-refractivity contribution is 9.10. The van der Waals surface area contributed by atoms with Crippen molar-refractivity contribution in [3.63, 3.8) is 0 Å². The quantitative estimate of drug-likeness (QED) is 0.859. The Labute approximate surface area is 137 Å². The molecule has 1 amide bonds. The Hall–Kier alpha value is -1.52. The second kappa shape index (κ2) is 7.48. The third-order valence-electron chi connectivity index (χ3n) is 2.91. The van der Waals surface area contributed by atoms with Gasteiger partial charge in [-0.25, -0.2) is 0 Å². The fourth-order valence-electron chi connectivity index (χ4n) is 1.74. The van der Waals surface area contributed by atoms with Gasteiger partial charge in [-0.15, -0.1) is 0 Å². The van der Waals surface area contributed by atoms with Crippen LogP contribution in [0.3, 0.4) is 0 Å². The summed E-state index contributed by atoms with van der Waals surface area (Å²) in [6.45, 7) is 2.09. The Morgan fingerprint density at radius 3 is 2.57 bits per heavy atom. The Kier molecular flexibility index (Phi) is 5.65. The standard InChI is InChI=1S/C16H15BrClNO2/c1-11(21-14-8-6-13(17)7-9-14)16(20)19-10-12-4-2-3-5-15(12)18/h2-9,11H,10H2,1H3,(H,19,20)/t11-/m0/s1. The van der Waals surface area contributed by atoms with Crippen LogP contribution in [0.25, 0.3) is 0 Å². The minimum absolute atomic E-state index is 0.183. The number of carbonyl (C=O) groups is 1. The van der Waals surface area contributed by atoms with E-state index in [0.717, 1.165) is 10.0 Å². The van der Waals surface area contributed by atoms with Crippen LogP contribution < -0.4 is 10.1 Å². The monoisotopic (exact) mass is 367 g/mol. The summed E-state index contributed by atoms with van der Waals surface area (Å²) in [4.78, 5) is 12.0. The van der Waals surface area contributed by atoms with Gasteiger partial charge in [0.25, 0.3) is 5.91 Å². The number of hydrogen-bond acceptors (Lipinski definition) is 2. The number of hydrogen-bond donors (Lipinski definition) is 1. The van der Waals surface area contributed by atoms with E-state index in [1.807, 2.05) is 42.5 Å². The van der Waals surface area contributed by atoms with Crippen molar-refractivity contribution in [2.75, 3.05) is 0 Å². The lowest BCUT2D eigenvalue weighted by Crippen LogP contribution is -2.35. The van der Waals surface area contributed by atoms with Crippen LogP contribution in [0, 0.1) is 0 Å². The molecule has 0 saturated heterocycles. The smallest absolute Gasteiger partial charge is 0.261 e. The van der Waals surface area contributed by atoms with Gasteiger partial charge in [-0.05, 0) is 42.8 Å². The summed E-state index contributed by atoms with van der Waals surface area (Å²) in [6, 6.07) is 14.8. The van der Waals surface area contributed by atoms with E-state index in [-0.39, 0.29) is 5.91 Å². The number of benzene rings is 2. The largest absolute Gasteiger partial charge is 0.481 e. The summed E-state index contributed by atoms with van der Waals surface area (Å²) >= 11 is 9.40. The molecule has 0 aromatic heterocycles. The highest BCUT2D eigenvalue weighted by Gasteiger charge is 2.14. The molecule has 5 heteroatoms. The lowest BCUT2D eigenvalue weighted by Gasteiger charge is -2.15. The normalized spacial score (nSPS) is 11.8. The summed E-state index contributed by atoms with van der Waals surface area (Å²) in [5, 5.41) is 3.45. The molecule has 1 atom stereocenters. The second-order valence-electron chi connectivity index (χ2n) is 4.52. The van der Waals surface area contributed by atoms with Crippen LogP contribution in [0.5, 0.6) is 5.75 Å². The maximum Gasteiger partial charge on any atom is 0.261 e. The molecule has 0 aliphatic rings. The summed E-state index contributed by atoms with van der Waals surface area (Å²) < 4.78 is 6.55. The first-order chi connectivity index (χ1) is 10.1. The Morgan fingerprint density at radius 1 is 1.24 bits per heavy atom. The van der Waals surface area contributed by atoms with Crippen LogP contribution in [0.2, 0.25) is 5.02 Å². The summed E-state index contributed by atoms with van der Waals surface area (Å²) in [5.41, 5.74) is 0.878. The highest BCUT2D eigenvalue weighted by Crippen LogP contribution is 2.18. The van der Waals surface area contributed by atoms with Crippen LogP contribution in [-0.2, 0) is 11.3 Å². The zero-order valence-corrected chi connectivity index (χ0v) is 13.8. The molecule has 0 radical (unpaired) electrons. The van der Waals surface area contributed by atoms with E-state index in [1.54, 1.807) is 13.0 Å². The van der Waals surface area contributed by atoms with Crippen LogP contribution in [0.4, 0.5) is 0 Å². The van der Waals surface area contributed by atoms with Crippen molar-refractivity contribution in [2.45, 2.75) is 19.6 Å². The maximum absolute atomic E-state index is 12.0. The van der Waals surface area contributed by atoms with Crippen molar-refractivity contribution < 1.29 is 9.53 Å². The number of ether oxygens (including phenoxy) is 1. The first-order valence-corrected chi connectivity index (χ1v) is 7.66. The van der Waals surface area contributed by atoms with Crippen molar-refractivity contribution in [3.8, 4) is 5.75 Å². The van der Waals surface area contributed by atoms with Crippen molar-refractivity contribution in [3.05, 3.63) is 63.6 Å². The third kappa shape index (κ3) is 4.76. The van der Waals surface area contributed by atoms with Crippen molar-refractivity contribution >= 4 is 33.4 Å². The third-order valence-corrected chi connectivity index (χ3v) is 3.80. The summed E-state index contributed by atoms with van der Waals surface area (Å²) in [7, 11) is 0. The summed E-state index contributed by atoms with van der Waals surface area (Å²) in [6.07, 6.45) is -0.575. The molecule has 2 aromatic carbocycles. The predicted octanol–water partition coefficient (Wildman–Crippen LogP) is 4.19. The van der Waals surface area contributed by atoms with Crippen molar-refractivity contribution in [1.29, 1.82) is 0 Å². The molecule has 0 bridgehead atoms. The lowest BCUT2D eigenvalue weighted by molar-refractivity contribution is -0.127. The van der Waals surface area contributed by atoms with Gasteiger partial charge >= 0.3 is 0 Å². The average Bonchev–Trinajstić information content (AvgIpc) is 2.48. The lowest BCUT2D eigenvalue weighted by atomic mass is 10.2. The second-order valence-corrected chi connectivity index (χ2v) is 5.85. The Morgan fingerprint density at radius 2 is 1.90 bits per heavy atom. The Bertz CT molecular complexity index is 616. The number of amides is 1. The molecule has 0 spiro atoms. The highest BCUT2D eigenvalue weighted by atomic mass is 79.9. The number of rotatable bonds is 5. The van der Waals surface area contributed by atoms with Gasteiger partial charge in [-0.3, -0.25) is 4.79 Å². The van der Waals surface area contributed by atoms with Crippen molar-refractivity contribution in [2.24, 2.45) is 0 Å². The minimum Gasteiger partial charge on any atom is -0.481 e. The SMILES string of the molecule is C[C@H](Oc1ccc(Br)cc1)C(=O)NCc1ccccc1Cl. The molecule has 0 saturated carbocycles. The van der Waals surface area contributed by atoms with Crippen LogP contribution in [0.15, 0.2) is 53.0 Å². The minimum atomic E-state index is -0.575. The fourth-order valence-corrected chi connectivity index (χ4v) is 2.21. The molecule has 0 aliphatic heterocycles. The van der Waals surface area contributed by atoms with Gasteiger partial charge in [-0.1, -0.05) is 45.7 Å². The number of nitrogens with one attached hydrogen (secondary N) is 1. The van der Waals surface area contributed by atoms with Crippen molar-refractivity contribution in [1.82, 2.24) is 5.32 Å². The van der Waals surface area contributed by atoms with E-state index in [2.05, 4.69) is 21.2 Å². The molecule has 3 nitrogen and oxygen atoms in total. The van der Waals surface area contributed by atoms with Gasteiger partial charge in [0.2, 0.25) is 0 Å². The van der Waals surface area contributed by atoms with E-state index in [4.69, 9.17) is 16.3 Å². The van der Waals surface area contributed by atoms with Gasteiger partial charge in [0.15, 0.2) is 6.10 Å². The predicted molar refractivity (Wildman–Crippen MR) is 87.5 cm³/mol. The van der Waals surface area contributed by atoms with E-state index in [9.17, 15) is 4.79 Å². The van der Waals surface area contributed by atoms with Gasteiger partial charge in [0.05, 0.1) is 0 Å². The van der Waals surface area contributed by atoms with Crippen LogP contribution in [0.1, 0.15) is 12.5 Å². The van der Waals surface area contributed by atoms with Crippen LogP contribution in [-0.4, -0.2) is 12.0 Å². The summed E-state index contributed by atoms with van der Waals surface area (Å²) in [5.74, 6) is 0.469.